The number of hydrogen-bond donors (Lipinski definition) is 1. The molecule has 1 aromatic carbocycles. The zero-order chi connectivity index (χ0) is 25.4. The van der Waals surface area contributed by atoms with E-state index in [9.17, 15) is 27.1 Å². The summed E-state index contributed by atoms with van der Waals surface area (Å²) in [6.45, 7) is 0.827. The second kappa shape index (κ2) is 9.61. The molecule has 0 amide bonds. The number of sulfone groups is 1. The number of benzene rings is 1. The molecule has 0 spiro atoms. The Hall–Kier alpha value is -3.34. The third-order valence-electron chi connectivity index (χ3n) is 7.04. The first-order chi connectivity index (χ1) is 17.2. The number of rotatable bonds is 5. The Morgan fingerprint density at radius 2 is 1.81 bits per heavy atom. The maximum Gasteiger partial charge on any atom is 0.307 e. The maximum absolute atomic E-state index is 14.5. The first kappa shape index (κ1) is 24.4. The minimum Gasteiger partial charge on any atom is -0.481 e. The standard InChI is InChI=1S/C25H26F2N4O4S/c26-17-5-8-19(20(14-17)25(32)33)23-21(15-31(29-23)24-22(27)2-1-9-28-24)16-3-6-18(7-4-16)30-10-12-36(34,35)13-11-30/h1-4,6-7,9,15,17,19-20H,5,8,10-14H2,(H,32,33)/t17-,19+,20+/m0/s1. The van der Waals surface area contributed by atoms with Crippen molar-refractivity contribution in [3.8, 4) is 16.9 Å². The lowest BCUT2D eigenvalue weighted by molar-refractivity contribution is -0.144. The van der Waals surface area contributed by atoms with Crippen molar-refractivity contribution in [3.05, 3.63) is 60.3 Å². The molecule has 0 unspecified atom stereocenters. The van der Waals surface area contributed by atoms with Crippen LogP contribution in [0.25, 0.3) is 16.9 Å². The second-order valence-electron chi connectivity index (χ2n) is 9.33. The molecule has 2 fully saturated rings. The molecule has 11 heteroatoms. The van der Waals surface area contributed by atoms with Gasteiger partial charge in [-0.05, 0) is 49.1 Å². The zero-order valence-corrected chi connectivity index (χ0v) is 20.2. The van der Waals surface area contributed by atoms with Crippen LogP contribution in [-0.4, -0.2) is 65.0 Å². The highest BCUT2D eigenvalue weighted by Gasteiger charge is 2.39. The van der Waals surface area contributed by atoms with Crippen LogP contribution in [0.2, 0.25) is 0 Å². The van der Waals surface area contributed by atoms with Gasteiger partial charge in [0.25, 0.3) is 0 Å². The fourth-order valence-electron chi connectivity index (χ4n) is 5.08. The summed E-state index contributed by atoms with van der Waals surface area (Å²) in [7, 11) is -3.00. The van der Waals surface area contributed by atoms with Crippen molar-refractivity contribution in [1.82, 2.24) is 14.8 Å². The van der Waals surface area contributed by atoms with E-state index in [-0.39, 0.29) is 30.2 Å². The topological polar surface area (TPSA) is 105 Å². The molecule has 1 N–H and O–H groups in total. The van der Waals surface area contributed by atoms with E-state index in [2.05, 4.69) is 10.1 Å². The summed E-state index contributed by atoms with van der Waals surface area (Å²) in [4.78, 5) is 18.1. The largest absolute Gasteiger partial charge is 0.481 e. The minimum absolute atomic E-state index is 0.0119. The Labute approximate surface area is 207 Å². The van der Waals surface area contributed by atoms with Gasteiger partial charge in [0.05, 0.1) is 23.1 Å². The third-order valence-corrected chi connectivity index (χ3v) is 8.65. The van der Waals surface area contributed by atoms with Gasteiger partial charge in [0, 0.05) is 42.7 Å². The van der Waals surface area contributed by atoms with Crippen LogP contribution < -0.4 is 4.90 Å². The number of hydrogen-bond acceptors (Lipinski definition) is 6. The number of nitrogens with zero attached hydrogens (tertiary/aromatic N) is 4. The summed E-state index contributed by atoms with van der Waals surface area (Å²) in [6.07, 6.45) is 2.34. The highest BCUT2D eigenvalue weighted by molar-refractivity contribution is 7.91. The zero-order valence-electron chi connectivity index (χ0n) is 19.4. The van der Waals surface area contributed by atoms with Gasteiger partial charge >= 0.3 is 5.97 Å². The molecule has 8 nitrogen and oxygen atoms in total. The molecular weight excluding hydrogens is 490 g/mol. The summed E-state index contributed by atoms with van der Waals surface area (Å²) in [5.41, 5.74) is 2.71. The Kier molecular flexibility index (Phi) is 6.50. The number of alkyl halides is 1. The molecule has 1 aliphatic heterocycles. The van der Waals surface area contributed by atoms with Crippen molar-refractivity contribution in [3.63, 3.8) is 0 Å². The molecular formula is C25H26F2N4O4S. The lowest BCUT2D eigenvalue weighted by atomic mass is 9.75. The van der Waals surface area contributed by atoms with Gasteiger partial charge in [-0.15, -0.1) is 0 Å². The highest BCUT2D eigenvalue weighted by Crippen LogP contribution is 2.42. The predicted octanol–water partition coefficient (Wildman–Crippen LogP) is 3.61. The number of carboxylic acid groups (broad SMARTS) is 1. The van der Waals surface area contributed by atoms with Crippen molar-refractivity contribution >= 4 is 21.5 Å². The number of halogens is 2. The van der Waals surface area contributed by atoms with Crippen LogP contribution in [-0.2, 0) is 14.6 Å². The number of carbonyl (C=O) groups is 1. The van der Waals surface area contributed by atoms with Crippen LogP contribution in [0.5, 0.6) is 0 Å². The minimum atomic E-state index is -3.00. The molecule has 1 aliphatic carbocycles. The van der Waals surface area contributed by atoms with Crippen molar-refractivity contribution in [2.24, 2.45) is 5.92 Å². The first-order valence-electron chi connectivity index (χ1n) is 11.8. The predicted molar refractivity (Wildman–Crippen MR) is 130 cm³/mol. The SMILES string of the molecule is O=C(O)[C@@H]1C[C@@H](F)CC[C@H]1c1nn(-c2ncccc2F)cc1-c1ccc(N2CCS(=O)(=O)CC2)cc1. The van der Waals surface area contributed by atoms with Gasteiger partial charge in [0.15, 0.2) is 21.5 Å². The van der Waals surface area contributed by atoms with E-state index in [1.165, 1.54) is 23.0 Å². The van der Waals surface area contributed by atoms with Gasteiger partial charge in [-0.2, -0.15) is 5.10 Å². The van der Waals surface area contributed by atoms with Crippen LogP contribution in [0, 0.1) is 11.7 Å². The van der Waals surface area contributed by atoms with Gasteiger partial charge in [-0.25, -0.2) is 26.9 Å². The molecule has 0 radical (unpaired) electrons. The van der Waals surface area contributed by atoms with Crippen molar-refractivity contribution in [2.75, 3.05) is 29.5 Å². The normalized spacial score (nSPS) is 23.9. The van der Waals surface area contributed by atoms with Crippen molar-refractivity contribution in [1.29, 1.82) is 0 Å². The van der Waals surface area contributed by atoms with Crippen molar-refractivity contribution < 1.29 is 27.1 Å². The van der Waals surface area contributed by atoms with Gasteiger partial charge in [-0.3, -0.25) is 4.79 Å². The van der Waals surface area contributed by atoms with E-state index in [1.807, 2.05) is 29.2 Å². The van der Waals surface area contributed by atoms with E-state index < -0.39 is 39.6 Å². The molecule has 0 bridgehead atoms. The molecule has 3 aromatic rings. The monoisotopic (exact) mass is 516 g/mol. The van der Waals surface area contributed by atoms with Gasteiger partial charge in [-0.1, -0.05) is 12.1 Å². The summed E-state index contributed by atoms with van der Waals surface area (Å²) in [5, 5.41) is 14.4. The van der Waals surface area contributed by atoms with E-state index in [0.717, 1.165) is 11.3 Å². The van der Waals surface area contributed by atoms with Crippen LogP contribution in [0.4, 0.5) is 14.5 Å². The molecule has 2 aromatic heterocycles. The van der Waals surface area contributed by atoms with Crippen LogP contribution >= 0.6 is 0 Å². The number of aromatic nitrogens is 3. The van der Waals surface area contributed by atoms with E-state index >= 15 is 0 Å². The summed E-state index contributed by atoms with van der Waals surface area (Å²) < 4.78 is 53.5. The molecule has 190 valence electrons. The van der Waals surface area contributed by atoms with E-state index in [0.29, 0.717) is 30.8 Å². The molecule has 3 atom stereocenters. The summed E-state index contributed by atoms with van der Waals surface area (Å²) in [5.74, 6) is -2.94. The van der Waals surface area contributed by atoms with E-state index in [4.69, 9.17) is 0 Å². The lowest BCUT2D eigenvalue weighted by Crippen LogP contribution is -2.40. The molecule has 3 heterocycles. The van der Waals surface area contributed by atoms with E-state index in [1.54, 1.807) is 6.20 Å². The average Bonchev–Trinajstić information content (AvgIpc) is 3.29. The average molecular weight is 517 g/mol. The number of carboxylic acids is 1. The summed E-state index contributed by atoms with van der Waals surface area (Å²) >= 11 is 0. The van der Waals surface area contributed by atoms with Gasteiger partial charge in [0.2, 0.25) is 0 Å². The quantitative estimate of drug-likeness (QED) is 0.552. The Bertz CT molecular complexity index is 1360. The van der Waals surface area contributed by atoms with Crippen molar-refractivity contribution in [2.45, 2.75) is 31.4 Å². The second-order valence-corrected chi connectivity index (χ2v) is 11.6. The highest BCUT2D eigenvalue weighted by atomic mass is 32.2. The van der Waals surface area contributed by atoms with Crippen LogP contribution in [0.15, 0.2) is 48.8 Å². The molecule has 1 saturated carbocycles. The number of anilines is 1. The summed E-state index contributed by atoms with van der Waals surface area (Å²) in [6, 6.07) is 10.2. The molecule has 5 rings (SSSR count). The first-order valence-corrected chi connectivity index (χ1v) is 13.7. The van der Waals surface area contributed by atoms with Crippen LogP contribution in [0.1, 0.15) is 30.9 Å². The van der Waals surface area contributed by atoms with Gasteiger partial charge < -0.3 is 10.0 Å². The fraction of sp³-hybridized carbons (Fsp3) is 0.400. The third kappa shape index (κ3) is 4.84. The van der Waals surface area contributed by atoms with Gasteiger partial charge in [0.1, 0.15) is 6.17 Å². The molecule has 36 heavy (non-hydrogen) atoms. The Morgan fingerprint density at radius 3 is 2.47 bits per heavy atom. The maximum atomic E-state index is 14.5. The Balaban J connectivity index is 1.53. The lowest BCUT2D eigenvalue weighted by Gasteiger charge is -2.30. The fourth-order valence-corrected chi connectivity index (χ4v) is 6.28. The number of pyridine rings is 1. The smallest absolute Gasteiger partial charge is 0.307 e. The Morgan fingerprint density at radius 1 is 1.08 bits per heavy atom. The van der Waals surface area contributed by atoms with Crippen LogP contribution in [0.3, 0.4) is 0 Å². The molecule has 2 aliphatic rings. The number of aliphatic carboxylic acids is 1. The molecule has 1 saturated heterocycles.